The zero-order chi connectivity index (χ0) is 21.6. The number of benzene rings is 3. The summed E-state index contributed by atoms with van der Waals surface area (Å²) in [4.78, 5) is 25.7. The summed E-state index contributed by atoms with van der Waals surface area (Å²) in [6, 6.07) is 26.4. The number of carbonyl (C=O) groups is 1. The SMILES string of the molecule is Cc1ccc(/C=N\NC(=O)c2c(-c3ccccc3)c(-c3ccccc3)n[nH]c2=O)cc1. The number of hydrogen-bond acceptors (Lipinski definition) is 4. The Morgan fingerprint density at radius 2 is 1.52 bits per heavy atom. The molecule has 0 fully saturated rings. The number of hydrazone groups is 1. The van der Waals surface area contributed by atoms with Crippen molar-refractivity contribution in [3.8, 4) is 22.4 Å². The van der Waals surface area contributed by atoms with Crippen molar-refractivity contribution in [3.05, 3.63) is 112 Å². The van der Waals surface area contributed by atoms with Gasteiger partial charge in [-0.2, -0.15) is 10.2 Å². The van der Waals surface area contributed by atoms with E-state index in [0.717, 1.165) is 16.7 Å². The fourth-order valence-electron chi connectivity index (χ4n) is 3.23. The number of aromatic amines is 1. The third-order valence-electron chi connectivity index (χ3n) is 4.78. The van der Waals surface area contributed by atoms with Gasteiger partial charge in [-0.1, -0.05) is 90.5 Å². The summed E-state index contributed by atoms with van der Waals surface area (Å²) in [5, 5.41) is 10.7. The van der Waals surface area contributed by atoms with Crippen LogP contribution in [-0.4, -0.2) is 22.3 Å². The van der Waals surface area contributed by atoms with Gasteiger partial charge >= 0.3 is 0 Å². The summed E-state index contributed by atoms with van der Waals surface area (Å²) in [6.07, 6.45) is 1.53. The lowest BCUT2D eigenvalue weighted by Crippen LogP contribution is -2.28. The van der Waals surface area contributed by atoms with E-state index in [9.17, 15) is 9.59 Å². The van der Waals surface area contributed by atoms with E-state index in [2.05, 4.69) is 20.7 Å². The van der Waals surface area contributed by atoms with Crippen LogP contribution in [0.15, 0.2) is 94.8 Å². The van der Waals surface area contributed by atoms with Gasteiger partial charge < -0.3 is 0 Å². The first-order chi connectivity index (χ1) is 15.1. The Kier molecular flexibility index (Phi) is 5.80. The number of amides is 1. The summed E-state index contributed by atoms with van der Waals surface area (Å²) in [7, 11) is 0. The maximum absolute atomic E-state index is 13.0. The maximum Gasteiger partial charge on any atom is 0.277 e. The minimum absolute atomic E-state index is 0.0406. The Morgan fingerprint density at radius 3 is 2.16 bits per heavy atom. The Balaban J connectivity index is 1.76. The molecule has 0 aliphatic rings. The number of carbonyl (C=O) groups excluding carboxylic acids is 1. The van der Waals surface area contributed by atoms with Crippen molar-refractivity contribution in [3.63, 3.8) is 0 Å². The number of hydrogen-bond donors (Lipinski definition) is 2. The predicted octanol–water partition coefficient (Wildman–Crippen LogP) is 4.18. The molecule has 6 nitrogen and oxygen atoms in total. The van der Waals surface area contributed by atoms with Crippen LogP contribution in [0.4, 0.5) is 0 Å². The summed E-state index contributed by atoms with van der Waals surface area (Å²) in [6.45, 7) is 1.99. The average molecular weight is 408 g/mol. The molecule has 0 saturated heterocycles. The number of aromatic nitrogens is 2. The van der Waals surface area contributed by atoms with E-state index in [-0.39, 0.29) is 5.56 Å². The predicted molar refractivity (Wildman–Crippen MR) is 122 cm³/mol. The highest BCUT2D eigenvalue weighted by molar-refractivity contribution is 6.03. The number of nitrogens with one attached hydrogen (secondary N) is 2. The molecule has 0 radical (unpaired) electrons. The lowest BCUT2D eigenvalue weighted by atomic mass is 9.95. The van der Waals surface area contributed by atoms with Gasteiger partial charge in [0, 0.05) is 11.1 Å². The Morgan fingerprint density at radius 1 is 0.903 bits per heavy atom. The summed E-state index contributed by atoms with van der Waals surface area (Å²) < 4.78 is 0. The smallest absolute Gasteiger partial charge is 0.267 e. The lowest BCUT2D eigenvalue weighted by Gasteiger charge is -2.12. The first kappa shape index (κ1) is 20.0. The normalized spacial score (nSPS) is 10.9. The zero-order valence-corrected chi connectivity index (χ0v) is 16.9. The molecular formula is C25H20N4O2. The summed E-state index contributed by atoms with van der Waals surface area (Å²) in [5.74, 6) is -0.608. The van der Waals surface area contributed by atoms with Gasteiger partial charge in [-0.15, -0.1) is 0 Å². The minimum atomic E-state index is -0.608. The second kappa shape index (κ2) is 9.00. The van der Waals surface area contributed by atoms with Crippen LogP contribution in [0, 0.1) is 6.92 Å². The fraction of sp³-hybridized carbons (Fsp3) is 0.0400. The van der Waals surface area contributed by atoms with E-state index < -0.39 is 11.5 Å². The van der Waals surface area contributed by atoms with Crippen LogP contribution in [0.25, 0.3) is 22.4 Å². The van der Waals surface area contributed by atoms with E-state index in [1.807, 2.05) is 91.9 Å². The average Bonchev–Trinajstić information content (AvgIpc) is 2.81. The van der Waals surface area contributed by atoms with Crippen molar-refractivity contribution in [2.24, 2.45) is 5.10 Å². The number of nitrogens with zero attached hydrogens (tertiary/aromatic N) is 2. The largest absolute Gasteiger partial charge is 0.277 e. The molecule has 1 heterocycles. The van der Waals surface area contributed by atoms with Crippen LogP contribution >= 0.6 is 0 Å². The molecule has 0 aliphatic heterocycles. The van der Waals surface area contributed by atoms with Crippen molar-refractivity contribution in [2.75, 3.05) is 0 Å². The van der Waals surface area contributed by atoms with Gasteiger partial charge in [-0.05, 0) is 18.1 Å². The van der Waals surface area contributed by atoms with Crippen LogP contribution in [0.2, 0.25) is 0 Å². The topological polar surface area (TPSA) is 87.2 Å². The molecule has 0 bridgehead atoms. The molecule has 0 saturated carbocycles. The van der Waals surface area contributed by atoms with Crippen LogP contribution in [-0.2, 0) is 0 Å². The number of H-pyrrole nitrogens is 1. The third-order valence-corrected chi connectivity index (χ3v) is 4.78. The minimum Gasteiger partial charge on any atom is -0.267 e. The fourth-order valence-corrected chi connectivity index (χ4v) is 3.23. The van der Waals surface area contributed by atoms with Crippen molar-refractivity contribution in [1.82, 2.24) is 15.6 Å². The van der Waals surface area contributed by atoms with E-state index >= 15 is 0 Å². The summed E-state index contributed by atoms with van der Waals surface area (Å²) in [5.41, 5.74) is 6.29. The van der Waals surface area contributed by atoms with E-state index in [4.69, 9.17) is 0 Å². The van der Waals surface area contributed by atoms with Gasteiger partial charge in [-0.3, -0.25) is 9.59 Å². The molecular weight excluding hydrogens is 388 g/mol. The van der Waals surface area contributed by atoms with Gasteiger partial charge in [0.05, 0.1) is 11.9 Å². The molecule has 0 spiro atoms. The number of rotatable bonds is 5. The lowest BCUT2D eigenvalue weighted by molar-refractivity contribution is 0.0954. The highest BCUT2D eigenvalue weighted by atomic mass is 16.2. The third kappa shape index (κ3) is 4.48. The molecule has 4 aromatic rings. The molecule has 31 heavy (non-hydrogen) atoms. The van der Waals surface area contributed by atoms with Crippen LogP contribution in [0.5, 0.6) is 0 Å². The standard InChI is InChI=1S/C25H20N4O2/c1-17-12-14-18(15-13-17)16-26-28-24(30)22-21(19-8-4-2-5-9-19)23(27-29-25(22)31)20-10-6-3-7-11-20/h2-16H,1H3,(H,28,30)(H,29,31)/b26-16-. The van der Waals surface area contributed by atoms with Crippen LogP contribution < -0.4 is 11.0 Å². The molecule has 0 aliphatic carbocycles. The van der Waals surface area contributed by atoms with Crippen molar-refractivity contribution >= 4 is 12.1 Å². The van der Waals surface area contributed by atoms with Gasteiger partial charge in [0.15, 0.2) is 0 Å². The van der Waals surface area contributed by atoms with Gasteiger partial charge in [-0.25, -0.2) is 10.5 Å². The molecule has 152 valence electrons. The molecule has 4 rings (SSSR count). The zero-order valence-electron chi connectivity index (χ0n) is 16.9. The first-order valence-electron chi connectivity index (χ1n) is 9.77. The Hall–Kier alpha value is -4.32. The quantitative estimate of drug-likeness (QED) is 0.384. The monoisotopic (exact) mass is 408 g/mol. The molecule has 1 amide bonds. The molecule has 0 atom stereocenters. The van der Waals surface area contributed by atoms with E-state index in [0.29, 0.717) is 16.8 Å². The van der Waals surface area contributed by atoms with Crippen LogP contribution in [0.3, 0.4) is 0 Å². The highest BCUT2D eigenvalue weighted by Gasteiger charge is 2.22. The van der Waals surface area contributed by atoms with Gasteiger partial charge in [0.25, 0.3) is 11.5 Å². The van der Waals surface area contributed by atoms with E-state index in [1.165, 1.54) is 6.21 Å². The molecule has 2 N–H and O–H groups in total. The molecule has 1 aromatic heterocycles. The highest BCUT2D eigenvalue weighted by Crippen LogP contribution is 2.31. The van der Waals surface area contributed by atoms with Crippen LogP contribution in [0.1, 0.15) is 21.5 Å². The first-order valence-corrected chi connectivity index (χ1v) is 9.77. The Labute approximate surface area is 179 Å². The second-order valence-electron chi connectivity index (χ2n) is 6.99. The van der Waals surface area contributed by atoms with Gasteiger partial charge in [0.1, 0.15) is 5.56 Å². The van der Waals surface area contributed by atoms with Crippen molar-refractivity contribution in [1.29, 1.82) is 0 Å². The maximum atomic E-state index is 13.0. The molecule has 3 aromatic carbocycles. The molecule has 6 heteroatoms. The summed E-state index contributed by atoms with van der Waals surface area (Å²) >= 11 is 0. The van der Waals surface area contributed by atoms with E-state index in [1.54, 1.807) is 0 Å². The van der Waals surface area contributed by atoms with Crippen molar-refractivity contribution < 1.29 is 4.79 Å². The number of aryl methyl sites for hydroxylation is 1. The molecule has 0 unspecified atom stereocenters. The van der Waals surface area contributed by atoms with Crippen molar-refractivity contribution in [2.45, 2.75) is 6.92 Å². The Bertz CT molecular complexity index is 1280. The second-order valence-corrected chi connectivity index (χ2v) is 6.99. The van der Waals surface area contributed by atoms with Gasteiger partial charge in [0.2, 0.25) is 0 Å².